The molecule has 9 heteroatoms. The van der Waals surface area contributed by atoms with E-state index in [-0.39, 0.29) is 11.5 Å². The fourth-order valence-electron chi connectivity index (χ4n) is 2.56. The first-order valence-electron chi connectivity index (χ1n) is 7.87. The number of pyridine rings is 1. The summed E-state index contributed by atoms with van der Waals surface area (Å²) in [6.07, 6.45) is 3.24. The van der Waals surface area contributed by atoms with Crippen molar-refractivity contribution in [3.05, 3.63) is 45.2 Å². The zero-order chi connectivity index (χ0) is 18.8. The maximum absolute atomic E-state index is 12.9. The van der Waals surface area contributed by atoms with Crippen molar-refractivity contribution in [3.8, 4) is 0 Å². The number of fused-ring (bicyclic) bond motifs is 1. The summed E-state index contributed by atoms with van der Waals surface area (Å²) in [6.45, 7) is 0.775. The first-order valence-corrected chi connectivity index (χ1v) is 9.09. The van der Waals surface area contributed by atoms with E-state index in [1.54, 1.807) is 36.4 Å². The minimum absolute atomic E-state index is 0.223. The lowest BCUT2D eigenvalue weighted by Crippen LogP contribution is -2.31. The second kappa shape index (κ2) is 7.56. The molecule has 0 unspecified atom stereocenters. The molecular formula is C17H18N4O3S2. The molecule has 1 aliphatic rings. The number of anilines is 1. The molecule has 0 bridgehead atoms. The van der Waals surface area contributed by atoms with Gasteiger partial charge in [0.1, 0.15) is 15.8 Å². The van der Waals surface area contributed by atoms with E-state index in [2.05, 4.69) is 4.98 Å². The van der Waals surface area contributed by atoms with Crippen LogP contribution >= 0.6 is 24.0 Å². The van der Waals surface area contributed by atoms with Crippen LogP contribution in [0, 0.1) is 0 Å². The van der Waals surface area contributed by atoms with Crippen molar-refractivity contribution in [1.82, 2.24) is 14.3 Å². The van der Waals surface area contributed by atoms with E-state index in [1.165, 1.54) is 21.1 Å². The van der Waals surface area contributed by atoms with Crippen LogP contribution in [0.2, 0.25) is 0 Å². The zero-order valence-corrected chi connectivity index (χ0v) is 16.3. The van der Waals surface area contributed by atoms with Crippen LogP contribution in [0.25, 0.3) is 11.7 Å². The van der Waals surface area contributed by atoms with Crippen molar-refractivity contribution in [2.45, 2.75) is 0 Å². The number of thioether (sulfide) groups is 1. The van der Waals surface area contributed by atoms with Gasteiger partial charge in [-0.1, -0.05) is 30.0 Å². The number of hydrogen-bond acceptors (Lipinski definition) is 7. The SMILES string of the molecule is COCCN1C(=O)C(=Cc2c(N(C)C)nc3ccccn3c2=O)SC1=S. The number of ether oxygens (including phenoxy) is 1. The van der Waals surface area contributed by atoms with Gasteiger partial charge in [0.15, 0.2) is 0 Å². The highest BCUT2D eigenvalue weighted by Crippen LogP contribution is 2.33. The lowest BCUT2D eigenvalue weighted by molar-refractivity contribution is -0.122. The van der Waals surface area contributed by atoms with Gasteiger partial charge in [0, 0.05) is 27.4 Å². The van der Waals surface area contributed by atoms with Gasteiger partial charge < -0.3 is 9.64 Å². The Hall–Kier alpha value is -2.23. The quantitative estimate of drug-likeness (QED) is 0.568. The predicted molar refractivity (Wildman–Crippen MR) is 108 cm³/mol. The third-order valence-electron chi connectivity index (χ3n) is 3.84. The lowest BCUT2D eigenvalue weighted by Gasteiger charge is -2.15. The molecule has 3 rings (SSSR count). The summed E-state index contributed by atoms with van der Waals surface area (Å²) in [5.41, 5.74) is 0.665. The molecule has 0 atom stereocenters. The van der Waals surface area contributed by atoms with Gasteiger partial charge in [-0.15, -0.1) is 0 Å². The fourth-order valence-corrected chi connectivity index (χ4v) is 3.86. The second-order valence-corrected chi connectivity index (χ2v) is 7.48. The predicted octanol–water partition coefficient (Wildman–Crippen LogP) is 1.61. The van der Waals surface area contributed by atoms with Gasteiger partial charge in [-0.05, 0) is 18.2 Å². The van der Waals surface area contributed by atoms with Crippen molar-refractivity contribution >= 4 is 51.7 Å². The summed E-state index contributed by atoms with van der Waals surface area (Å²) in [5, 5.41) is 0. The molecule has 0 radical (unpaired) electrons. The monoisotopic (exact) mass is 390 g/mol. The molecule has 1 saturated heterocycles. The molecule has 1 aliphatic heterocycles. The van der Waals surface area contributed by atoms with Gasteiger partial charge >= 0.3 is 0 Å². The van der Waals surface area contributed by atoms with E-state index >= 15 is 0 Å². The molecule has 0 aromatic carbocycles. The number of rotatable bonds is 5. The minimum atomic E-state index is -0.235. The number of aromatic nitrogens is 2. The average molecular weight is 390 g/mol. The van der Waals surface area contributed by atoms with Crippen LogP contribution in [0.15, 0.2) is 34.1 Å². The Balaban J connectivity index is 2.11. The van der Waals surface area contributed by atoms with E-state index in [4.69, 9.17) is 17.0 Å². The minimum Gasteiger partial charge on any atom is -0.383 e. The maximum atomic E-state index is 12.9. The van der Waals surface area contributed by atoms with Crippen LogP contribution in [0.5, 0.6) is 0 Å². The summed E-state index contributed by atoms with van der Waals surface area (Å²) in [4.78, 5) is 33.8. The summed E-state index contributed by atoms with van der Waals surface area (Å²) in [7, 11) is 5.18. The number of carbonyl (C=O) groups is 1. The van der Waals surface area contributed by atoms with Crippen molar-refractivity contribution in [1.29, 1.82) is 0 Å². The summed E-state index contributed by atoms with van der Waals surface area (Å²) in [6, 6.07) is 5.35. The maximum Gasteiger partial charge on any atom is 0.267 e. The number of carbonyl (C=O) groups excluding carboxylic acids is 1. The molecular weight excluding hydrogens is 372 g/mol. The van der Waals surface area contributed by atoms with E-state index < -0.39 is 0 Å². The first kappa shape index (κ1) is 18.6. The molecule has 2 aromatic heterocycles. The van der Waals surface area contributed by atoms with Crippen molar-refractivity contribution in [2.24, 2.45) is 0 Å². The third kappa shape index (κ3) is 3.37. The number of amides is 1. The van der Waals surface area contributed by atoms with Crippen LogP contribution < -0.4 is 10.5 Å². The Morgan fingerprint density at radius 2 is 2.12 bits per heavy atom. The highest BCUT2D eigenvalue weighted by molar-refractivity contribution is 8.26. The lowest BCUT2D eigenvalue weighted by atomic mass is 10.2. The number of methoxy groups -OCH3 is 1. The smallest absolute Gasteiger partial charge is 0.267 e. The van der Waals surface area contributed by atoms with Gasteiger partial charge in [-0.3, -0.25) is 18.9 Å². The molecule has 26 heavy (non-hydrogen) atoms. The van der Waals surface area contributed by atoms with Crippen LogP contribution in [0.1, 0.15) is 5.56 Å². The highest BCUT2D eigenvalue weighted by Gasteiger charge is 2.32. The van der Waals surface area contributed by atoms with Gasteiger partial charge in [0.2, 0.25) is 0 Å². The Labute approximate surface area is 160 Å². The normalized spacial score (nSPS) is 16.1. The molecule has 1 amide bonds. The largest absolute Gasteiger partial charge is 0.383 e. The Morgan fingerprint density at radius 1 is 1.35 bits per heavy atom. The number of thiocarbonyl (C=S) groups is 1. The van der Waals surface area contributed by atoms with Gasteiger partial charge in [0.05, 0.1) is 23.6 Å². The topological polar surface area (TPSA) is 67.2 Å². The van der Waals surface area contributed by atoms with E-state index in [9.17, 15) is 9.59 Å². The Bertz CT molecular complexity index is 968. The standard InChI is InChI=1S/C17H18N4O3S2/c1-19(2)14-11(15(22)20-7-5-4-6-13(20)18-14)10-12-16(23)21(8-9-24-3)17(25)26-12/h4-7,10H,8-9H2,1-3H3. The second-order valence-electron chi connectivity index (χ2n) is 5.80. The molecule has 7 nitrogen and oxygen atoms in total. The molecule has 1 fully saturated rings. The summed E-state index contributed by atoms with van der Waals surface area (Å²) >= 11 is 6.46. The van der Waals surface area contributed by atoms with E-state index in [1.807, 2.05) is 20.2 Å². The number of hydrogen-bond donors (Lipinski definition) is 0. The first-order chi connectivity index (χ1) is 12.4. The van der Waals surface area contributed by atoms with E-state index in [0.717, 1.165) is 0 Å². The van der Waals surface area contributed by atoms with Crippen LogP contribution in [0.4, 0.5) is 5.82 Å². The third-order valence-corrected chi connectivity index (χ3v) is 5.22. The van der Waals surface area contributed by atoms with Gasteiger partial charge in [0.25, 0.3) is 11.5 Å². The molecule has 0 spiro atoms. The van der Waals surface area contributed by atoms with Crippen molar-refractivity contribution in [3.63, 3.8) is 0 Å². The van der Waals surface area contributed by atoms with Gasteiger partial charge in [-0.2, -0.15) is 0 Å². The van der Waals surface area contributed by atoms with Crippen LogP contribution in [-0.2, 0) is 9.53 Å². The highest BCUT2D eigenvalue weighted by atomic mass is 32.2. The average Bonchev–Trinajstić information content (AvgIpc) is 2.88. The molecule has 3 heterocycles. The number of nitrogens with zero attached hydrogens (tertiary/aromatic N) is 4. The molecule has 0 N–H and O–H groups in total. The molecule has 0 aliphatic carbocycles. The zero-order valence-electron chi connectivity index (χ0n) is 14.6. The Kier molecular flexibility index (Phi) is 5.40. The molecule has 0 saturated carbocycles. The van der Waals surface area contributed by atoms with Crippen molar-refractivity contribution < 1.29 is 9.53 Å². The molecule has 2 aromatic rings. The van der Waals surface area contributed by atoms with Gasteiger partial charge in [-0.25, -0.2) is 4.98 Å². The summed E-state index contributed by atoms with van der Waals surface area (Å²) < 4.78 is 6.94. The molecule has 136 valence electrons. The Morgan fingerprint density at radius 3 is 2.81 bits per heavy atom. The van der Waals surface area contributed by atoms with Crippen LogP contribution in [0.3, 0.4) is 0 Å². The van der Waals surface area contributed by atoms with Crippen LogP contribution in [-0.4, -0.2) is 58.9 Å². The fraction of sp³-hybridized carbons (Fsp3) is 0.294. The summed E-state index contributed by atoms with van der Waals surface area (Å²) in [5.74, 6) is 0.280. The van der Waals surface area contributed by atoms with Crippen molar-refractivity contribution in [2.75, 3.05) is 39.3 Å². The van der Waals surface area contributed by atoms with E-state index in [0.29, 0.717) is 39.4 Å².